The molecular weight excluding hydrogens is 328 g/mol. The number of halogens is 2. The highest BCUT2D eigenvalue weighted by molar-refractivity contribution is 5.84. The zero-order valence-corrected chi connectivity index (χ0v) is 14.1. The molecule has 1 aromatic heterocycles. The van der Waals surface area contributed by atoms with Crippen LogP contribution in [-0.2, 0) is 7.05 Å². The Hall–Kier alpha value is -2.53. The standard InChI is InChI=1S/C17H19F2N5O/c1-10(21)12-7-11(9-20)8-13-14(12)22-16(23(2)15(13)25)24-5-3-17(18,19)4-6-24/h7-8,10H,3-6,21H2,1-2H3. The molecule has 3 rings (SSSR count). The van der Waals surface area contributed by atoms with E-state index in [1.807, 2.05) is 6.07 Å². The lowest BCUT2D eigenvalue weighted by atomic mass is 10.0. The molecule has 0 radical (unpaired) electrons. The Bertz CT molecular complexity index is 919. The first kappa shape index (κ1) is 17.3. The van der Waals surface area contributed by atoms with Crippen molar-refractivity contribution in [2.24, 2.45) is 12.8 Å². The molecule has 1 unspecified atom stereocenters. The molecule has 1 aliphatic rings. The summed E-state index contributed by atoms with van der Waals surface area (Å²) in [5.41, 5.74) is 7.01. The third-order valence-electron chi connectivity index (χ3n) is 4.58. The summed E-state index contributed by atoms with van der Waals surface area (Å²) >= 11 is 0. The average molecular weight is 347 g/mol. The zero-order chi connectivity index (χ0) is 18.4. The summed E-state index contributed by atoms with van der Waals surface area (Å²) in [6, 6.07) is 4.71. The van der Waals surface area contributed by atoms with Crippen molar-refractivity contribution in [3.8, 4) is 6.07 Å². The monoisotopic (exact) mass is 347 g/mol. The van der Waals surface area contributed by atoms with Gasteiger partial charge in [-0.2, -0.15) is 5.26 Å². The van der Waals surface area contributed by atoms with Gasteiger partial charge in [0, 0.05) is 39.0 Å². The minimum absolute atomic E-state index is 0.128. The van der Waals surface area contributed by atoms with Gasteiger partial charge in [-0.3, -0.25) is 9.36 Å². The van der Waals surface area contributed by atoms with E-state index < -0.39 is 12.0 Å². The Morgan fingerprint density at radius 1 is 1.36 bits per heavy atom. The number of hydrogen-bond acceptors (Lipinski definition) is 5. The molecule has 25 heavy (non-hydrogen) atoms. The van der Waals surface area contributed by atoms with Gasteiger partial charge in [-0.1, -0.05) is 0 Å². The normalized spacial score (nSPS) is 18.2. The van der Waals surface area contributed by atoms with Crippen LogP contribution in [0.2, 0.25) is 0 Å². The third kappa shape index (κ3) is 3.07. The maximum Gasteiger partial charge on any atom is 0.262 e. The summed E-state index contributed by atoms with van der Waals surface area (Å²) in [4.78, 5) is 19.0. The largest absolute Gasteiger partial charge is 0.342 e. The first-order valence-corrected chi connectivity index (χ1v) is 8.06. The molecule has 6 nitrogen and oxygen atoms in total. The quantitative estimate of drug-likeness (QED) is 0.898. The number of piperidine rings is 1. The molecule has 1 fully saturated rings. The molecule has 1 aliphatic heterocycles. The van der Waals surface area contributed by atoms with Crippen molar-refractivity contribution in [1.82, 2.24) is 9.55 Å². The molecule has 1 saturated heterocycles. The van der Waals surface area contributed by atoms with Crippen LogP contribution in [0.4, 0.5) is 14.7 Å². The van der Waals surface area contributed by atoms with Crippen molar-refractivity contribution in [3.63, 3.8) is 0 Å². The van der Waals surface area contributed by atoms with E-state index in [2.05, 4.69) is 4.98 Å². The molecule has 2 N–H and O–H groups in total. The SMILES string of the molecule is CC(N)c1cc(C#N)cc2c(=O)n(C)c(N3CCC(F)(F)CC3)nc12. The van der Waals surface area contributed by atoms with E-state index in [0.717, 1.165) is 0 Å². The van der Waals surface area contributed by atoms with Gasteiger partial charge >= 0.3 is 0 Å². The summed E-state index contributed by atoms with van der Waals surface area (Å²) in [7, 11) is 1.56. The lowest BCUT2D eigenvalue weighted by Gasteiger charge is -2.33. The van der Waals surface area contributed by atoms with Gasteiger partial charge in [0.1, 0.15) is 0 Å². The minimum atomic E-state index is -2.68. The fourth-order valence-corrected chi connectivity index (χ4v) is 3.12. The predicted molar refractivity (Wildman–Crippen MR) is 90.7 cm³/mol. The van der Waals surface area contributed by atoms with E-state index in [-0.39, 0.29) is 31.5 Å². The van der Waals surface area contributed by atoms with Crippen molar-refractivity contribution in [1.29, 1.82) is 5.26 Å². The van der Waals surface area contributed by atoms with E-state index >= 15 is 0 Å². The molecule has 132 valence electrons. The molecule has 2 heterocycles. The highest BCUT2D eigenvalue weighted by atomic mass is 19.3. The first-order chi connectivity index (χ1) is 11.7. The summed E-state index contributed by atoms with van der Waals surface area (Å²) < 4.78 is 28.2. The Labute approximate surface area is 143 Å². The number of hydrogen-bond donors (Lipinski definition) is 1. The number of anilines is 1. The second kappa shape index (κ2) is 6.08. The molecule has 8 heteroatoms. The van der Waals surface area contributed by atoms with E-state index in [4.69, 9.17) is 5.73 Å². The maximum atomic E-state index is 13.4. The Morgan fingerprint density at radius 2 is 2.00 bits per heavy atom. The minimum Gasteiger partial charge on any atom is -0.342 e. The number of nitrogens with zero attached hydrogens (tertiary/aromatic N) is 4. The van der Waals surface area contributed by atoms with Crippen LogP contribution >= 0.6 is 0 Å². The second-order valence-electron chi connectivity index (χ2n) is 6.48. The van der Waals surface area contributed by atoms with Crippen LogP contribution in [0.15, 0.2) is 16.9 Å². The van der Waals surface area contributed by atoms with Gasteiger partial charge in [0.2, 0.25) is 5.95 Å². The number of nitriles is 1. The van der Waals surface area contributed by atoms with Crippen molar-refractivity contribution >= 4 is 16.9 Å². The van der Waals surface area contributed by atoms with Crippen molar-refractivity contribution in [2.45, 2.75) is 31.7 Å². The number of rotatable bonds is 2. The van der Waals surface area contributed by atoms with Gasteiger partial charge < -0.3 is 10.6 Å². The zero-order valence-electron chi connectivity index (χ0n) is 14.1. The van der Waals surface area contributed by atoms with Crippen molar-refractivity contribution in [2.75, 3.05) is 18.0 Å². The fraction of sp³-hybridized carbons (Fsp3) is 0.471. The average Bonchev–Trinajstić information content (AvgIpc) is 2.57. The summed E-state index contributed by atoms with van der Waals surface area (Å²) in [5, 5.41) is 9.48. The number of nitrogens with two attached hydrogens (primary N) is 1. The van der Waals surface area contributed by atoms with Crippen LogP contribution in [0, 0.1) is 11.3 Å². The van der Waals surface area contributed by atoms with Gasteiger partial charge in [0.25, 0.3) is 11.5 Å². The summed E-state index contributed by atoms with van der Waals surface area (Å²) in [6.45, 7) is 2.00. The molecule has 2 aromatic rings. The third-order valence-corrected chi connectivity index (χ3v) is 4.58. The number of aromatic nitrogens is 2. The van der Waals surface area contributed by atoms with E-state index in [9.17, 15) is 18.8 Å². The van der Waals surface area contributed by atoms with Gasteiger partial charge in [-0.25, -0.2) is 13.8 Å². The highest BCUT2D eigenvalue weighted by Crippen LogP contribution is 2.30. The number of benzene rings is 1. The Morgan fingerprint density at radius 3 is 2.56 bits per heavy atom. The number of fused-ring (bicyclic) bond motifs is 1. The molecule has 0 aliphatic carbocycles. The van der Waals surface area contributed by atoms with Crippen LogP contribution in [0.1, 0.15) is 36.9 Å². The lowest BCUT2D eigenvalue weighted by molar-refractivity contribution is -0.0223. The van der Waals surface area contributed by atoms with E-state index in [1.165, 1.54) is 10.6 Å². The van der Waals surface area contributed by atoms with E-state index in [1.54, 1.807) is 24.9 Å². The van der Waals surface area contributed by atoms with Crippen LogP contribution in [0.5, 0.6) is 0 Å². The van der Waals surface area contributed by atoms with Crippen LogP contribution < -0.4 is 16.2 Å². The molecule has 1 atom stereocenters. The highest BCUT2D eigenvalue weighted by Gasteiger charge is 2.35. The molecule has 0 amide bonds. The molecule has 0 spiro atoms. The van der Waals surface area contributed by atoms with Crippen LogP contribution in [0.3, 0.4) is 0 Å². The van der Waals surface area contributed by atoms with Crippen molar-refractivity contribution < 1.29 is 8.78 Å². The molecule has 1 aromatic carbocycles. The lowest BCUT2D eigenvalue weighted by Crippen LogP contribution is -2.42. The maximum absolute atomic E-state index is 13.4. The van der Waals surface area contributed by atoms with Crippen LogP contribution in [-0.4, -0.2) is 28.6 Å². The molecule has 0 bridgehead atoms. The van der Waals surface area contributed by atoms with Gasteiger partial charge in [0.15, 0.2) is 0 Å². The molecule has 0 saturated carbocycles. The summed E-state index contributed by atoms with van der Waals surface area (Å²) in [5.74, 6) is -2.33. The van der Waals surface area contributed by atoms with Gasteiger partial charge in [-0.05, 0) is 24.6 Å². The first-order valence-electron chi connectivity index (χ1n) is 8.06. The fourth-order valence-electron chi connectivity index (χ4n) is 3.12. The van der Waals surface area contributed by atoms with Gasteiger partial charge in [-0.15, -0.1) is 0 Å². The Balaban J connectivity index is 2.19. The Kier molecular flexibility index (Phi) is 4.21. The smallest absolute Gasteiger partial charge is 0.262 e. The predicted octanol–water partition coefficient (Wildman–Crippen LogP) is 2.06. The molecular formula is C17H19F2N5O. The topological polar surface area (TPSA) is 87.9 Å². The second-order valence-corrected chi connectivity index (χ2v) is 6.48. The van der Waals surface area contributed by atoms with Crippen LogP contribution in [0.25, 0.3) is 10.9 Å². The van der Waals surface area contributed by atoms with Gasteiger partial charge in [0.05, 0.1) is 22.5 Å². The summed E-state index contributed by atoms with van der Waals surface area (Å²) in [6.07, 6.45) is -0.539. The van der Waals surface area contributed by atoms with E-state index in [0.29, 0.717) is 28.0 Å². The number of alkyl halides is 2. The van der Waals surface area contributed by atoms with Crippen molar-refractivity contribution in [3.05, 3.63) is 33.6 Å².